The number of hydrogen-bond donors (Lipinski definition) is 1. The van der Waals surface area contributed by atoms with Crippen molar-refractivity contribution in [3.05, 3.63) is 16.8 Å². The molecule has 0 aliphatic heterocycles. The molecule has 1 nitrogen and oxygen atoms in total. The molecule has 1 aromatic rings. The van der Waals surface area contributed by atoms with Crippen LogP contribution in [0, 0.1) is 12.3 Å². The molecule has 1 heterocycles. The summed E-state index contributed by atoms with van der Waals surface area (Å²) in [5.74, 6) is 2.50. The summed E-state index contributed by atoms with van der Waals surface area (Å²) in [5, 5.41) is 7.09. The van der Waals surface area contributed by atoms with Crippen LogP contribution in [-0.2, 0) is 0 Å². The highest BCUT2D eigenvalue weighted by Gasteiger charge is 1.85. The van der Waals surface area contributed by atoms with E-state index in [0.717, 1.165) is 5.69 Å². The molecular weight excluding hydrogens is 130 g/mol. The average molecular weight is 137 g/mol. The normalized spacial score (nSPS) is 8.33. The number of anilines is 1. The van der Waals surface area contributed by atoms with Gasteiger partial charge in [-0.2, -0.15) is 11.3 Å². The van der Waals surface area contributed by atoms with Crippen LogP contribution in [0.15, 0.2) is 16.8 Å². The molecule has 2 heteroatoms. The number of terminal acetylenes is 1. The van der Waals surface area contributed by atoms with Crippen molar-refractivity contribution in [2.24, 2.45) is 0 Å². The molecule has 0 radical (unpaired) electrons. The Morgan fingerprint density at radius 2 is 2.67 bits per heavy atom. The monoisotopic (exact) mass is 137 g/mol. The second-order valence-corrected chi connectivity index (χ2v) is 2.35. The van der Waals surface area contributed by atoms with Gasteiger partial charge in [0.2, 0.25) is 0 Å². The summed E-state index contributed by atoms with van der Waals surface area (Å²) < 4.78 is 0. The Balaban J connectivity index is 2.41. The van der Waals surface area contributed by atoms with E-state index in [2.05, 4.69) is 11.2 Å². The smallest absolute Gasteiger partial charge is 0.0763 e. The lowest BCUT2D eigenvalue weighted by atomic mass is 10.5. The zero-order valence-corrected chi connectivity index (χ0v) is 5.74. The lowest BCUT2D eigenvalue weighted by molar-refractivity contribution is 1.40. The predicted molar refractivity (Wildman–Crippen MR) is 41.6 cm³/mol. The molecule has 0 aromatic carbocycles. The molecule has 1 N–H and O–H groups in total. The highest BCUT2D eigenvalue weighted by molar-refractivity contribution is 7.08. The van der Waals surface area contributed by atoms with Gasteiger partial charge in [-0.25, -0.2) is 0 Å². The Bertz CT molecular complexity index is 195. The third-order valence-corrected chi connectivity index (χ3v) is 1.60. The standard InChI is InChI=1S/C7H7NS/c1-2-4-8-7-3-5-9-6-7/h1,3,5-6,8H,4H2. The molecule has 0 bridgehead atoms. The number of thiophene rings is 1. The fourth-order valence-electron chi connectivity index (χ4n) is 0.518. The molecule has 0 saturated heterocycles. The molecule has 1 aromatic heterocycles. The van der Waals surface area contributed by atoms with Crippen molar-refractivity contribution in [2.75, 3.05) is 11.9 Å². The largest absolute Gasteiger partial charge is 0.373 e. The van der Waals surface area contributed by atoms with Gasteiger partial charge in [0.25, 0.3) is 0 Å². The first kappa shape index (κ1) is 6.18. The minimum atomic E-state index is 0.608. The van der Waals surface area contributed by atoms with Crippen LogP contribution in [0.5, 0.6) is 0 Å². The highest BCUT2D eigenvalue weighted by atomic mass is 32.1. The van der Waals surface area contributed by atoms with Crippen molar-refractivity contribution in [1.29, 1.82) is 0 Å². The summed E-state index contributed by atoms with van der Waals surface area (Å²) >= 11 is 1.66. The van der Waals surface area contributed by atoms with Gasteiger partial charge >= 0.3 is 0 Å². The van der Waals surface area contributed by atoms with E-state index in [1.165, 1.54) is 0 Å². The number of hydrogen-bond acceptors (Lipinski definition) is 2. The first-order valence-corrected chi connectivity index (χ1v) is 3.57. The third-order valence-electron chi connectivity index (χ3n) is 0.916. The maximum atomic E-state index is 5.04. The first-order chi connectivity index (χ1) is 4.43. The predicted octanol–water partition coefficient (Wildman–Crippen LogP) is 1.79. The minimum absolute atomic E-state index is 0.608. The van der Waals surface area contributed by atoms with Gasteiger partial charge in [-0.3, -0.25) is 0 Å². The molecular formula is C7H7NS. The molecule has 0 atom stereocenters. The molecule has 0 fully saturated rings. The zero-order valence-electron chi connectivity index (χ0n) is 4.92. The Hall–Kier alpha value is -0.940. The van der Waals surface area contributed by atoms with Gasteiger partial charge in [-0.1, -0.05) is 5.92 Å². The summed E-state index contributed by atoms with van der Waals surface area (Å²) in [6.07, 6.45) is 5.04. The van der Waals surface area contributed by atoms with Crippen molar-refractivity contribution in [2.45, 2.75) is 0 Å². The molecule has 9 heavy (non-hydrogen) atoms. The van der Waals surface area contributed by atoms with Crippen molar-refractivity contribution in [3.8, 4) is 12.3 Å². The summed E-state index contributed by atoms with van der Waals surface area (Å²) in [5.41, 5.74) is 1.11. The Morgan fingerprint density at radius 1 is 1.78 bits per heavy atom. The topological polar surface area (TPSA) is 12.0 Å². The quantitative estimate of drug-likeness (QED) is 0.613. The Morgan fingerprint density at radius 3 is 3.22 bits per heavy atom. The van der Waals surface area contributed by atoms with Crippen LogP contribution in [0.3, 0.4) is 0 Å². The Labute approximate surface area is 58.7 Å². The van der Waals surface area contributed by atoms with Gasteiger partial charge in [-0.05, 0) is 11.4 Å². The van der Waals surface area contributed by atoms with E-state index >= 15 is 0 Å². The van der Waals surface area contributed by atoms with Crippen LogP contribution in [0.2, 0.25) is 0 Å². The molecule has 0 spiro atoms. The summed E-state index contributed by atoms with van der Waals surface area (Å²) in [4.78, 5) is 0. The van der Waals surface area contributed by atoms with E-state index in [0.29, 0.717) is 6.54 Å². The summed E-state index contributed by atoms with van der Waals surface area (Å²) in [6.45, 7) is 0.608. The summed E-state index contributed by atoms with van der Waals surface area (Å²) in [6, 6.07) is 2.00. The van der Waals surface area contributed by atoms with Gasteiger partial charge in [-0.15, -0.1) is 6.42 Å². The molecule has 46 valence electrons. The van der Waals surface area contributed by atoms with Gasteiger partial charge < -0.3 is 5.32 Å². The van der Waals surface area contributed by atoms with Crippen molar-refractivity contribution in [1.82, 2.24) is 0 Å². The lowest BCUT2D eigenvalue weighted by Crippen LogP contribution is -1.95. The summed E-state index contributed by atoms with van der Waals surface area (Å²) in [7, 11) is 0. The maximum absolute atomic E-state index is 5.04. The van der Waals surface area contributed by atoms with Crippen LogP contribution < -0.4 is 5.32 Å². The molecule has 1 rings (SSSR count). The second-order valence-electron chi connectivity index (χ2n) is 1.57. The lowest BCUT2D eigenvalue weighted by Gasteiger charge is -1.93. The first-order valence-electron chi connectivity index (χ1n) is 2.63. The minimum Gasteiger partial charge on any atom is -0.373 e. The fraction of sp³-hybridized carbons (Fsp3) is 0.143. The number of rotatable bonds is 2. The van der Waals surface area contributed by atoms with Gasteiger partial charge in [0, 0.05) is 11.1 Å². The molecule has 0 unspecified atom stereocenters. The number of nitrogens with one attached hydrogen (secondary N) is 1. The van der Waals surface area contributed by atoms with Crippen LogP contribution in [0.4, 0.5) is 5.69 Å². The molecule has 0 amide bonds. The Kier molecular flexibility index (Phi) is 2.17. The second kappa shape index (κ2) is 3.16. The molecule has 0 saturated carbocycles. The van der Waals surface area contributed by atoms with E-state index in [-0.39, 0.29) is 0 Å². The fourth-order valence-corrected chi connectivity index (χ4v) is 1.13. The molecule has 0 aliphatic carbocycles. The van der Waals surface area contributed by atoms with E-state index < -0.39 is 0 Å². The highest BCUT2D eigenvalue weighted by Crippen LogP contribution is 2.10. The molecule has 0 aliphatic rings. The van der Waals surface area contributed by atoms with Crippen LogP contribution in [0.1, 0.15) is 0 Å². The van der Waals surface area contributed by atoms with Crippen LogP contribution in [-0.4, -0.2) is 6.54 Å². The van der Waals surface area contributed by atoms with E-state index in [1.807, 2.05) is 16.8 Å². The zero-order chi connectivity index (χ0) is 6.53. The van der Waals surface area contributed by atoms with Crippen LogP contribution >= 0.6 is 11.3 Å². The van der Waals surface area contributed by atoms with E-state index in [9.17, 15) is 0 Å². The van der Waals surface area contributed by atoms with Gasteiger partial charge in [0.05, 0.1) is 6.54 Å². The SMILES string of the molecule is C#CCNc1ccsc1. The average Bonchev–Trinajstić information content (AvgIpc) is 2.34. The van der Waals surface area contributed by atoms with Crippen molar-refractivity contribution < 1.29 is 0 Å². The van der Waals surface area contributed by atoms with Crippen molar-refractivity contribution >= 4 is 17.0 Å². The van der Waals surface area contributed by atoms with Gasteiger partial charge in [0.1, 0.15) is 0 Å². The van der Waals surface area contributed by atoms with E-state index in [4.69, 9.17) is 6.42 Å². The van der Waals surface area contributed by atoms with Crippen LogP contribution in [0.25, 0.3) is 0 Å². The third kappa shape index (κ3) is 1.79. The van der Waals surface area contributed by atoms with E-state index in [1.54, 1.807) is 11.3 Å². The van der Waals surface area contributed by atoms with Gasteiger partial charge in [0.15, 0.2) is 0 Å². The maximum Gasteiger partial charge on any atom is 0.0763 e. The van der Waals surface area contributed by atoms with Crippen molar-refractivity contribution in [3.63, 3.8) is 0 Å².